The highest BCUT2D eigenvalue weighted by Gasteiger charge is 2.29. The Bertz CT molecular complexity index is 1010. The first-order valence-corrected chi connectivity index (χ1v) is 12.4. The maximum Gasteiger partial charge on any atom is 0.315 e. The minimum absolute atomic E-state index is 0.114. The topological polar surface area (TPSA) is 116 Å². The van der Waals surface area contributed by atoms with E-state index in [9.17, 15) is 19.2 Å². The van der Waals surface area contributed by atoms with Crippen LogP contribution >= 0.6 is 15.9 Å². The predicted octanol–water partition coefficient (Wildman–Crippen LogP) is 3.44. The third kappa shape index (κ3) is 9.52. The highest BCUT2D eigenvalue weighted by atomic mass is 79.9. The molecule has 0 aromatic heterocycles. The molecule has 0 aliphatic heterocycles. The van der Waals surface area contributed by atoms with Crippen LogP contribution in [-0.4, -0.2) is 35.7 Å². The van der Waals surface area contributed by atoms with E-state index in [1.807, 2.05) is 68.4 Å². The average molecular weight is 545 g/mol. The van der Waals surface area contributed by atoms with Gasteiger partial charge in [0.15, 0.2) is 0 Å². The second-order valence-electron chi connectivity index (χ2n) is 8.60. The molecule has 4 amide bonds. The smallest absolute Gasteiger partial charge is 0.315 e. The maximum atomic E-state index is 13.0. The van der Waals surface area contributed by atoms with E-state index in [0.717, 1.165) is 15.6 Å². The van der Waals surface area contributed by atoms with Crippen LogP contribution < -0.4 is 21.3 Å². The van der Waals surface area contributed by atoms with Crippen molar-refractivity contribution in [1.82, 2.24) is 21.3 Å². The van der Waals surface area contributed by atoms with Gasteiger partial charge in [0.05, 0.1) is 6.04 Å². The Labute approximate surface area is 214 Å². The zero-order valence-corrected chi connectivity index (χ0v) is 21.9. The first-order chi connectivity index (χ1) is 16.7. The number of halogens is 1. The van der Waals surface area contributed by atoms with Crippen LogP contribution in [0.1, 0.15) is 44.7 Å². The minimum Gasteiger partial charge on any atom is -0.345 e. The zero-order valence-electron chi connectivity index (χ0n) is 20.3. The van der Waals surface area contributed by atoms with Crippen molar-refractivity contribution in [1.29, 1.82) is 0 Å². The molecular formula is C26H33BrN4O4. The lowest BCUT2D eigenvalue weighted by atomic mass is 10.0. The quantitative estimate of drug-likeness (QED) is 0.306. The van der Waals surface area contributed by atoms with Crippen LogP contribution in [0.5, 0.6) is 0 Å². The molecule has 35 heavy (non-hydrogen) atoms. The van der Waals surface area contributed by atoms with Gasteiger partial charge in [0, 0.05) is 17.6 Å². The number of carbonyl (C=O) groups is 4. The molecule has 0 fully saturated rings. The van der Waals surface area contributed by atoms with Crippen molar-refractivity contribution in [2.24, 2.45) is 5.92 Å². The molecule has 2 atom stereocenters. The SMILES string of the molecule is CCC(NC(=O)C(CC(C)C)NC(=O)NCc1ccccc1)C(=O)C(=O)NCc1ccccc1Br. The van der Waals surface area contributed by atoms with E-state index in [0.29, 0.717) is 13.0 Å². The van der Waals surface area contributed by atoms with Crippen molar-refractivity contribution >= 4 is 39.6 Å². The molecule has 0 radical (unpaired) electrons. The number of nitrogens with one attached hydrogen (secondary N) is 4. The van der Waals surface area contributed by atoms with Gasteiger partial charge in [-0.1, -0.05) is 85.2 Å². The van der Waals surface area contributed by atoms with Crippen LogP contribution in [0.2, 0.25) is 0 Å². The lowest BCUT2D eigenvalue weighted by Crippen LogP contribution is -2.55. The third-order valence-corrected chi connectivity index (χ3v) is 6.06. The lowest BCUT2D eigenvalue weighted by Gasteiger charge is -2.23. The van der Waals surface area contributed by atoms with Gasteiger partial charge in [-0.15, -0.1) is 0 Å². The monoisotopic (exact) mass is 544 g/mol. The van der Waals surface area contributed by atoms with E-state index in [-0.39, 0.29) is 18.9 Å². The zero-order chi connectivity index (χ0) is 25.8. The molecule has 8 nitrogen and oxygen atoms in total. The Morgan fingerprint density at radius 3 is 2.11 bits per heavy atom. The molecule has 0 saturated carbocycles. The van der Waals surface area contributed by atoms with Crippen LogP contribution in [-0.2, 0) is 27.5 Å². The largest absolute Gasteiger partial charge is 0.345 e. The molecule has 0 aliphatic carbocycles. The van der Waals surface area contributed by atoms with Crippen molar-refractivity contribution < 1.29 is 19.2 Å². The predicted molar refractivity (Wildman–Crippen MR) is 138 cm³/mol. The van der Waals surface area contributed by atoms with E-state index in [4.69, 9.17) is 0 Å². The Morgan fingerprint density at radius 1 is 0.829 bits per heavy atom. The summed E-state index contributed by atoms with van der Waals surface area (Å²) in [6, 6.07) is 14.4. The summed E-state index contributed by atoms with van der Waals surface area (Å²) in [7, 11) is 0. The third-order valence-electron chi connectivity index (χ3n) is 5.29. The number of ketones is 1. The van der Waals surface area contributed by atoms with Crippen LogP contribution in [0.25, 0.3) is 0 Å². The summed E-state index contributed by atoms with van der Waals surface area (Å²) < 4.78 is 0.821. The van der Waals surface area contributed by atoms with Crippen molar-refractivity contribution in [3.63, 3.8) is 0 Å². The molecule has 2 rings (SSSR count). The fraction of sp³-hybridized carbons (Fsp3) is 0.385. The van der Waals surface area contributed by atoms with E-state index in [1.165, 1.54) is 0 Å². The Balaban J connectivity index is 1.95. The fourth-order valence-corrected chi connectivity index (χ4v) is 3.80. The van der Waals surface area contributed by atoms with Gasteiger partial charge in [-0.25, -0.2) is 4.79 Å². The second-order valence-corrected chi connectivity index (χ2v) is 9.46. The normalized spacial score (nSPS) is 12.4. The summed E-state index contributed by atoms with van der Waals surface area (Å²) in [5.41, 5.74) is 1.76. The van der Waals surface area contributed by atoms with Crippen LogP contribution in [0.3, 0.4) is 0 Å². The lowest BCUT2D eigenvalue weighted by molar-refractivity contribution is -0.140. The van der Waals surface area contributed by atoms with Gasteiger partial charge < -0.3 is 21.3 Å². The van der Waals surface area contributed by atoms with Gasteiger partial charge in [0.2, 0.25) is 11.7 Å². The van der Waals surface area contributed by atoms with Crippen LogP contribution in [0, 0.1) is 5.92 Å². The van der Waals surface area contributed by atoms with E-state index in [1.54, 1.807) is 6.92 Å². The highest BCUT2D eigenvalue weighted by molar-refractivity contribution is 9.10. The maximum absolute atomic E-state index is 13.0. The first-order valence-electron chi connectivity index (χ1n) is 11.6. The number of benzene rings is 2. The molecule has 0 heterocycles. The molecule has 2 aromatic rings. The van der Waals surface area contributed by atoms with Crippen molar-refractivity contribution in [3.05, 3.63) is 70.2 Å². The van der Waals surface area contributed by atoms with Crippen molar-refractivity contribution in [2.75, 3.05) is 0 Å². The van der Waals surface area contributed by atoms with E-state index in [2.05, 4.69) is 37.2 Å². The average Bonchev–Trinajstić information content (AvgIpc) is 2.84. The summed E-state index contributed by atoms with van der Waals surface area (Å²) in [5.74, 6) is -1.90. The number of Topliss-reactive ketones (excluding diaryl/α,β-unsaturated/α-hetero) is 1. The minimum atomic E-state index is -0.995. The summed E-state index contributed by atoms with van der Waals surface area (Å²) in [6.45, 7) is 6.07. The number of amides is 4. The molecule has 0 bridgehead atoms. The molecule has 2 aromatic carbocycles. The van der Waals surface area contributed by atoms with Gasteiger partial charge >= 0.3 is 6.03 Å². The van der Waals surface area contributed by atoms with Gasteiger partial charge in [0.25, 0.3) is 5.91 Å². The molecular weight excluding hydrogens is 512 g/mol. The fourth-order valence-electron chi connectivity index (χ4n) is 3.38. The molecule has 4 N–H and O–H groups in total. The van der Waals surface area contributed by atoms with Gasteiger partial charge in [-0.3, -0.25) is 14.4 Å². The first kappa shape index (κ1) is 28.0. The molecule has 2 unspecified atom stereocenters. The number of rotatable bonds is 12. The molecule has 9 heteroatoms. The number of carbonyl (C=O) groups excluding carboxylic acids is 4. The standard InChI is InChI=1S/C26H33BrN4O4/c1-4-21(23(32)25(34)28-16-19-12-8-9-13-20(19)27)30-24(33)22(14-17(2)3)31-26(35)29-15-18-10-6-5-7-11-18/h5-13,17,21-22H,4,14-16H2,1-3H3,(H,28,34)(H,30,33)(H2,29,31,35). The van der Waals surface area contributed by atoms with Gasteiger partial charge in [-0.2, -0.15) is 0 Å². The number of hydrogen-bond donors (Lipinski definition) is 4. The molecule has 0 spiro atoms. The van der Waals surface area contributed by atoms with Gasteiger partial charge in [0.1, 0.15) is 6.04 Å². The summed E-state index contributed by atoms with van der Waals surface area (Å²) in [6.07, 6.45) is 0.616. The number of hydrogen-bond acceptors (Lipinski definition) is 4. The molecule has 188 valence electrons. The van der Waals surface area contributed by atoms with Crippen molar-refractivity contribution in [2.45, 2.75) is 58.8 Å². The van der Waals surface area contributed by atoms with E-state index < -0.39 is 35.7 Å². The van der Waals surface area contributed by atoms with E-state index >= 15 is 0 Å². The molecule has 0 aliphatic rings. The van der Waals surface area contributed by atoms with Crippen molar-refractivity contribution in [3.8, 4) is 0 Å². The summed E-state index contributed by atoms with van der Waals surface area (Å²) in [5, 5.41) is 10.7. The highest BCUT2D eigenvalue weighted by Crippen LogP contribution is 2.15. The Morgan fingerprint density at radius 2 is 1.49 bits per heavy atom. The second kappa shape index (κ2) is 14.3. The van der Waals surface area contributed by atoms with Crippen LogP contribution in [0.15, 0.2) is 59.1 Å². The van der Waals surface area contributed by atoms with Crippen LogP contribution in [0.4, 0.5) is 4.79 Å². The van der Waals surface area contributed by atoms with Gasteiger partial charge in [-0.05, 0) is 36.0 Å². The number of urea groups is 1. The Kier molecular flexibility index (Phi) is 11.4. The summed E-state index contributed by atoms with van der Waals surface area (Å²) >= 11 is 3.41. The Hall–Kier alpha value is -3.20. The molecule has 0 saturated heterocycles. The summed E-state index contributed by atoms with van der Waals surface area (Å²) in [4.78, 5) is 50.5.